The number of anilines is 1. The molecule has 0 aliphatic carbocycles. The van der Waals surface area contributed by atoms with Crippen molar-refractivity contribution >= 4 is 45.7 Å². The molecule has 182 valence electrons. The number of benzene rings is 3. The van der Waals surface area contributed by atoms with Crippen LogP contribution in [0.15, 0.2) is 65.8 Å². The van der Waals surface area contributed by atoms with Crippen LogP contribution >= 0.6 is 11.6 Å². The molecule has 0 saturated carbocycles. The molecule has 0 fully saturated rings. The van der Waals surface area contributed by atoms with Crippen molar-refractivity contribution in [2.45, 2.75) is 33.6 Å². The Morgan fingerprint density at radius 3 is 2.44 bits per heavy atom. The number of ether oxygens (including phenoxy) is 1. The zero-order valence-corrected chi connectivity index (χ0v) is 21.4. The van der Waals surface area contributed by atoms with E-state index in [9.17, 15) is 9.59 Å². The van der Waals surface area contributed by atoms with Gasteiger partial charge in [0.05, 0.1) is 30.4 Å². The van der Waals surface area contributed by atoms with E-state index in [4.69, 9.17) is 16.3 Å². The molecule has 1 aliphatic heterocycles. The number of hydrogen-bond donors (Lipinski definition) is 0. The Labute approximate surface area is 214 Å². The van der Waals surface area contributed by atoms with E-state index in [2.05, 4.69) is 5.10 Å². The van der Waals surface area contributed by atoms with Gasteiger partial charge in [-0.15, -0.1) is 0 Å². The molecule has 6 nitrogen and oxygen atoms in total. The van der Waals surface area contributed by atoms with Crippen molar-refractivity contribution in [1.82, 2.24) is 4.57 Å². The number of nitrogens with zero attached hydrogens (tertiary/aromatic N) is 3. The van der Waals surface area contributed by atoms with E-state index in [1.807, 2.05) is 57.2 Å². The van der Waals surface area contributed by atoms with Gasteiger partial charge < -0.3 is 4.74 Å². The first-order valence-electron chi connectivity index (χ1n) is 11.7. The Bertz CT molecular complexity index is 1550. The SMILES string of the molecule is COc1ccc2c(c1)c(CC1=NN(c3ccc(C)c(C)c3)C(=O)C1)c(C)n2C(=O)c1ccc(Cl)cc1. The van der Waals surface area contributed by atoms with Crippen molar-refractivity contribution in [3.05, 3.63) is 93.6 Å². The Balaban J connectivity index is 1.57. The van der Waals surface area contributed by atoms with Gasteiger partial charge in [0.2, 0.25) is 0 Å². The standard InChI is InChI=1S/C29H26ClN3O3/c1-17-5-10-23(13-18(17)2)33-28(34)15-22(31-33)14-25-19(3)32(27-12-11-24(36-4)16-26(25)27)29(35)20-6-8-21(30)9-7-20/h5-13,16H,14-15H2,1-4H3. The van der Waals surface area contributed by atoms with Gasteiger partial charge in [-0.1, -0.05) is 17.7 Å². The summed E-state index contributed by atoms with van der Waals surface area (Å²) in [5.41, 5.74) is 6.85. The van der Waals surface area contributed by atoms with Crippen molar-refractivity contribution in [3.8, 4) is 5.75 Å². The highest BCUT2D eigenvalue weighted by atomic mass is 35.5. The summed E-state index contributed by atoms with van der Waals surface area (Å²) in [6.45, 7) is 5.99. The van der Waals surface area contributed by atoms with E-state index >= 15 is 0 Å². The molecule has 0 radical (unpaired) electrons. The van der Waals surface area contributed by atoms with Crippen LogP contribution in [-0.2, 0) is 11.2 Å². The van der Waals surface area contributed by atoms with Crippen LogP contribution in [0.2, 0.25) is 5.02 Å². The smallest absolute Gasteiger partial charge is 0.262 e. The monoisotopic (exact) mass is 499 g/mol. The molecule has 0 atom stereocenters. The second kappa shape index (κ2) is 9.28. The largest absolute Gasteiger partial charge is 0.497 e. The van der Waals surface area contributed by atoms with Crippen LogP contribution in [0.1, 0.15) is 39.2 Å². The molecular weight excluding hydrogens is 474 g/mol. The van der Waals surface area contributed by atoms with E-state index in [0.29, 0.717) is 22.8 Å². The van der Waals surface area contributed by atoms with E-state index in [1.54, 1.807) is 35.9 Å². The zero-order valence-electron chi connectivity index (χ0n) is 20.6. The highest BCUT2D eigenvalue weighted by Gasteiger charge is 2.28. The fourth-order valence-corrected chi connectivity index (χ4v) is 4.76. The maximum Gasteiger partial charge on any atom is 0.262 e. The Kier molecular flexibility index (Phi) is 6.14. The Hall–Kier alpha value is -3.90. The number of aryl methyl sites for hydroxylation is 2. The summed E-state index contributed by atoms with van der Waals surface area (Å²) < 4.78 is 7.18. The molecule has 1 aliphatic rings. The topological polar surface area (TPSA) is 63.9 Å². The fourth-order valence-electron chi connectivity index (χ4n) is 4.64. The molecule has 0 unspecified atom stereocenters. The number of halogens is 1. The molecule has 1 aromatic heterocycles. The summed E-state index contributed by atoms with van der Waals surface area (Å²) >= 11 is 6.03. The minimum Gasteiger partial charge on any atom is -0.497 e. The summed E-state index contributed by atoms with van der Waals surface area (Å²) in [4.78, 5) is 26.4. The second-order valence-corrected chi connectivity index (χ2v) is 9.52. The molecule has 3 aromatic carbocycles. The average Bonchev–Trinajstić information content (AvgIpc) is 3.37. The number of amides is 1. The molecule has 7 heteroatoms. The van der Waals surface area contributed by atoms with Crippen LogP contribution in [-0.4, -0.2) is 29.2 Å². The summed E-state index contributed by atoms with van der Waals surface area (Å²) in [6.07, 6.45) is 0.678. The first-order valence-corrected chi connectivity index (χ1v) is 12.1. The van der Waals surface area contributed by atoms with Gasteiger partial charge in [-0.25, -0.2) is 5.01 Å². The molecule has 36 heavy (non-hydrogen) atoms. The van der Waals surface area contributed by atoms with Gasteiger partial charge in [0, 0.05) is 28.1 Å². The number of fused-ring (bicyclic) bond motifs is 1. The van der Waals surface area contributed by atoms with E-state index in [-0.39, 0.29) is 18.2 Å². The van der Waals surface area contributed by atoms with Gasteiger partial charge in [-0.2, -0.15) is 5.10 Å². The van der Waals surface area contributed by atoms with Crippen LogP contribution in [0.25, 0.3) is 10.9 Å². The molecule has 0 bridgehead atoms. The van der Waals surface area contributed by atoms with Crippen LogP contribution in [0.4, 0.5) is 5.69 Å². The van der Waals surface area contributed by atoms with Crippen molar-refractivity contribution in [1.29, 1.82) is 0 Å². The van der Waals surface area contributed by atoms with Crippen molar-refractivity contribution in [2.24, 2.45) is 5.10 Å². The average molecular weight is 500 g/mol. The van der Waals surface area contributed by atoms with Gasteiger partial charge >= 0.3 is 0 Å². The maximum absolute atomic E-state index is 13.5. The highest BCUT2D eigenvalue weighted by molar-refractivity contribution is 6.30. The number of carbonyl (C=O) groups is 2. The first-order chi connectivity index (χ1) is 17.3. The number of aromatic nitrogens is 1. The normalized spacial score (nSPS) is 13.4. The lowest BCUT2D eigenvalue weighted by molar-refractivity contribution is -0.116. The lowest BCUT2D eigenvalue weighted by Gasteiger charge is -2.13. The number of carbonyl (C=O) groups excluding carboxylic acids is 2. The lowest BCUT2D eigenvalue weighted by Crippen LogP contribution is -2.19. The molecule has 5 rings (SSSR count). The molecule has 0 saturated heterocycles. The second-order valence-electron chi connectivity index (χ2n) is 9.09. The van der Waals surface area contributed by atoms with Crippen molar-refractivity contribution < 1.29 is 14.3 Å². The van der Waals surface area contributed by atoms with E-state index in [0.717, 1.165) is 44.7 Å². The predicted octanol–water partition coefficient (Wildman–Crippen LogP) is 6.25. The fraction of sp³-hybridized carbons (Fsp3) is 0.207. The first kappa shape index (κ1) is 23.8. The van der Waals surface area contributed by atoms with E-state index in [1.165, 1.54) is 5.01 Å². The van der Waals surface area contributed by atoms with Gasteiger partial charge in [0.25, 0.3) is 11.8 Å². The van der Waals surface area contributed by atoms with Gasteiger partial charge in [0.1, 0.15) is 5.75 Å². The quantitative estimate of drug-likeness (QED) is 0.326. The number of methoxy groups -OCH3 is 1. The molecule has 0 N–H and O–H groups in total. The molecular formula is C29H26ClN3O3. The Morgan fingerprint density at radius 2 is 1.75 bits per heavy atom. The van der Waals surface area contributed by atoms with Crippen LogP contribution in [0.5, 0.6) is 5.75 Å². The number of hydrogen-bond acceptors (Lipinski definition) is 4. The third kappa shape index (κ3) is 4.18. The minimum atomic E-state index is -0.147. The minimum absolute atomic E-state index is 0.0653. The number of rotatable bonds is 5. The van der Waals surface area contributed by atoms with Crippen molar-refractivity contribution in [3.63, 3.8) is 0 Å². The summed E-state index contributed by atoms with van der Waals surface area (Å²) in [6, 6.07) is 18.4. The zero-order chi connectivity index (χ0) is 25.6. The maximum atomic E-state index is 13.5. The van der Waals surface area contributed by atoms with E-state index < -0.39 is 0 Å². The Morgan fingerprint density at radius 1 is 1.00 bits per heavy atom. The van der Waals surface area contributed by atoms with Crippen LogP contribution < -0.4 is 9.75 Å². The lowest BCUT2D eigenvalue weighted by atomic mass is 10.0. The number of hydrazone groups is 1. The van der Waals surface area contributed by atoms with Crippen molar-refractivity contribution in [2.75, 3.05) is 12.1 Å². The van der Waals surface area contributed by atoms with Crippen LogP contribution in [0, 0.1) is 20.8 Å². The molecule has 2 heterocycles. The molecule has 4 aromatic rings. The van der Waals surface area contributed by atoms with Gasteiger partial charge in [-0.3, -0.25) is 14.2 Å². The van der Waals surface area contributed by atoms with Gasteiger partial charge in [-0.05, 0) is 92.1 Å². The third-order valence-electron chi connectivity index (χ3n) is 6.78. The van der Waals surface area contributed by atoms with Crippen LogP contribution in [0.3, 0.4) is 0 Å². The summed E-state index contributed by atoms with van der Waals surface area (Å²) in [7, 11) is 1.62. The van der Waals surface area contributed by atoms with Gasteiger partial charge in [0.15, 0.2) is 0 Å². The third-order valence-corrected chi connectivity index (χ3v) is 7.04. The highest BCUT2D eigenvalue weighted by Crippen LogP contribution is 2.32. The summed E-state index contributed by atoms with van der Waals surface area (Å²) in [5, 5.41) is 7.63. The molecule has 0 spiro atoms. The summed E-state index contributed by atoms with van der Waals surface area (Å²) in [5.74, 6) is 0.484. The molecule has 1 amide bonds. The predicted molar refractivity (Wildman–Crippen MR) is 144 cm³/mol.